The number of unbranched alkanes of at least 4 members (excludes halogenated alkanes) is 9. The molecule has 0 fully saturated rings. The van der Waals surface area contributed by atoms with Crippen LogP contribution in [-0.4, -0.2) is 45.2 Å². The fourth-order valence-corrected chi connectivity index (χ4v) is 11.7. The zero-order valence-corrected chi connectivity index (χ0v) is 30.4. The minimum absolute atomic E-state index is 0.317. The standard InChI is InChI=1S/C19H42N2O19P6/c1-3-5-7-9-10-11-13-15-19(14-12-8-6-4-2)34-46(33,35-21-17-16-20-18-21)40-45(31,32)39-44(29,30)38-43(27,28)37-42(25,26)36-41(22,23)24/h16-19H,3-15H2,1-2H3,(H,25,26)(H,27,28)(H,29,30)(H,31,32)(H2,22,23,24). The molecule has 6 unspecified atom stereocenters. The van der Waals surface area contributed by atoms with Gasteiger partial charge in [0.25, 0.3) is 0 Å². The number of nitrogens with zero attached hydrogens (tertiary/aromatic N) is 2. The SMILES string of the molecule is CCCCCCCCCC(CCCCCC)OP(=O)(On1ccnc1)OP(=O)(O)OP(=O)(O)OP(=O)(O)OP(=O)(O)OP(=O)(O)O. The van der Waals surface area contributed by atoms with Gasteiger partial charge in [-0.25, -0.2) is 32.4 Å². The zero-order chi connectivity index (χ0) is 35.1. The van der Waals surface area contributed by atoms with Gasteiger partial charge >= 0.3 is 46.9 Å². The molecule has 1 heterocycles. The summed E-state index contributed by atoms with van der Waals surface area (Å²) < 4.78 is 103. The van der Waals surface area contributed by atoms with Crippen molar-refractivity contribution >= 4 is 46.9 Å². The van der Waals surface area contributed by atoms with Gasteiger partial charge in [-0.2, -0.15) is 26.3 Å². The first-order chi connectivity index (χ1) is 21.1. The molecule has 0 aliphatic heterocycles. The highest BCUT2D eigenvalue weighted by Crippen LogP contribution is 2.75. The first kappa shape index (κ1) is 43.9. The third kappa shape index (κ3) is 21.1. The van der Waals surface area contributed by atoms with Crippen LogP contribution in [-0.2, 0) is 53.5 Å². The Morgan fingerprint density at radius 1 is 0.609 bits per heavy atom. The summed E-state index contributed by atoms with van der Waals surface area (Å²) in [4.78, 5) is 59.4. The lowest BCUT2D eigenvalue weighted by Crippen LogP contribution is -2.18. The minimum atomic E-state index is -6.33. The van der Waals surface area contributed by atoms with Gasteiger partial charge in [-0.3, -0.25) is 4.52 Å². The van der Waals surface area contributed by atoms with E-state index in [4.69, 9.17) is 18.9 Å². The molecule has 21 nitrogen and oxygen atoms in total. The van der Waals surface area contributed by atoms with Crippen molar-refractivity contribution in [1.29, 1.82) is 0 Å². The summed E-state index contributed by atoms with van der Waals surface area (Å²) in [5.41, 5.74) is 0. The third-order valence-corrected chi connectivity index (χ3v) is 14.7. The van der Waals surface area contributed by atoms with Gasteiger partial charge in [0, 0.05) is 6.20 Å². The van der Waals surface area contributed by atoms with E-state index in [9.17, 15) is 47.0 Å². The molecule has 0 saturated heterocycles. The molecule has 46 heavy (non-hydrogen) atoms. The average molecular weight is 788 g/mol. The number of phosphoric acid groups is 6. The van der Waals surface area contributed by atoms with Gasteiger partial charge in [0.2, 0.25) is 0 Å². The predicted molar refractivity (Wildman–Crippen MR) is 159 cm³/mol. The van der Waals surface area contributed by atoms with E-state index in [-0.39, 0.29) is 0 Å². The summed E-state index contributed by atoms with van der Waals surface area (Å²) in [5.74, 6) is 0. The largest absolute Gasteiger partial charge is 0.558 e. The van der Waals surface area contributed by atoms with Crippen molar-refractivity contribution in [3.63, 3.8) is 0 Å². The monoisotopic (exact) mass is 788 g/mol. The van der Waals surface area contributed by atoms with Gasteiger partial charge in [-0.15, -0.1) is 0 Å². The molecule has 272 valence electrons. The Hall–Kier alpha value is -0.0900. The number of rotatable bonds is 27. The second kappa shape index (κ2) is 19.9. The summed E-state index contributed by atoms with van der Waals surface area (Å²) >= 11 is 0. The first-order valence-electron chi connectivity index (χ1n) is 14.0. The van der Waals surface area contributed by atoms with Gasteiger partial charge in [-0.1, -0.05) is 84.5 Å². The molecule has 0 aliphatic carbocycles. The highest BCUT2D eigenvalue weighted by Gasteiger charge is 2.50. The van der Waals surface area contributed by atoms with Crippen LogP contribution in [0.2, 0.25) is 0 Å². The van der Waals surface area contributed by atoms with Crippen molar-refractivity contribution in [2.24, 2.45) is 0 Å². The lowest BCUT2D eigenvalue weighted by atomic mass is 10.0. The molecule has 0 saturated carbocycles. The molecule has 0 aliphatic rings. The topological polar surface area (TPSA) is 306 Å². The van der Waals surface area contributed by atoms with E-state index in [1.54, 1.807) is 0 Å². The van der Waals surface area contributed by atoms with E-state index < -0.39 is 53.0 Å². The van der Waals surface area contributed by atoms with Crippen LogP contribution in [0.15, 0.2) is 18.7 Å². The number of imidazole rings is 1. The predicted octanol–water partition coefficient (Wildman–Crippen LogP) is 6.49. The summed E-state index contributed by atoms with van der Waals surface area (Å²) in [6.07, 6.45) is 12.9. The molecule has 1 aromatic heterocycles. The molecule has 6 N–H and O–H groups in total. The second-order valence-electron chi connectivity index (χ2n) is 9.71. The van der Waals surface area contributed by atoms with E-state index in [1.165, 1.54) is 6.20 Å². The molecule has 0 aromatic carbocycles. The quantitative estimate of drug-likeness (QED) is 0.0409. The van der Waals surface area contributed by atoms with Crippen molar-refractivity contribution < 1.29 is 87.5 Å². The van der Waals surface area contributed by atoms with E-state index >= 15 is 0 Å². The van der Waals surface area contributed by atoms with Crippen molar-refractivity contribution in [1.82, 2.24) is 9.71 Å². The molecule has 0 radical (unpaired) electrons. The first-order valence-corrected chi connectivity index (χ1v) is 23.0. The molecule has 1 rings (SSSR count). The Labute approximate surface area is 266 Å². The van der Waals surface area contributed by atoms with Gasteiger partial charge in [-0.05, 0) is 12.8 Å². The van der Waals surface area contributed by atoms with Crippen molar-refractivity contribution in [2.45, 2.75) is 103 Å². The Balaban J connectivity index is 3.10. The Kier molecular flexibility index (Phi) is 19.0. The third-order valence-electron chi connectivity index (χ3n) is 5.49. The fraction of sp³-hybridized carbons (Fsp3) is 0.842. The highest BCUT2D eigenvalue weighted by molar-refractivity contribution is 7.72. The lowest BCUT2D eigenvalue weighted by Gasteiger charge is -2.25. The highest BCUT2D eigenvalue weighted by atomic mass is 31.3. The van der Waals surface area contributed by atoms with Crippen LogP contribution >= 0.6 is 46.9 Å². The molecule has 6 atom stereocenters. The van der Waals surface area contributed by atoms with Gasteiger partial charge in [0.05, 0.1) is 12.3 Å². The summed E-state index contributed by atoms with van der Waals surface area (Å²) in [7, 11) is -36.0. The van der Waals surface area contributed by atoms with Gasteiger partial charge in [0.1, 0.15) is 6.33 Å². The van der Waals surface area contributed by atoms with Crippen LogP contribution in [0.1, 0.15) is 97.3 Å². The van der Waals surface area contributed by atoms with Crippen molar-refractivity contribution in [3.05, 3.63) is 18.7 Å². The smallest absolute Gasteiger partial charge is 0.310 e. The maximum absolute atomic E-state index is 13.7. The Bertz CT molecular complexity index is 1320. The summed E-state index contributed by atoms with van der Waals surface area (Å²) in [6, 6.07) is 0. The average Bonchev–Trinajstić information content (AvgIpc) is 3.33. The number of hydrogen-bond acceptors (Lipinski definition) is 14. The van der Waals surface area contributed by atoms with E-state index in [2.05, 4.69) is 33.5 Å². The van der Waals surface area contributed by atoms with Crippen LogP contribution < -0.4 is 4.62 Å². The maximum Gasteiger partial charge on any atom is 0.558 e. The maximum atomic E-state index is 13.7. The fourth-order valence-electron chi connectivity index (χ4n) is 3.74. The zero-order valence-electron chi connectivity index (χ0n) is 25.1. The van der Waals surface area contributed by atoms with Crippen LogP contribution in [0.25, 0.3) is 0 Å². The molecule has 1 aromatic rings. The van der Waals surface area contributed by atoms with Gasteiger partial charge in [0.15, 0.2) is 0 Å². The van der Waals surface area contributed by atoms with Crippen LogP contribution in [0.5, 0.6) is 0 Å². The van der Waals surface area contributed by atoms with E-state index in [1.807, 2.05) is 6.92 Å². The molecule has 0 bridgehead atoms. The van der Waals surface area contributed by atoms with Crippen molar-refractivity contribution in [2.75, 3.05) is 0 Å². The van der Waals surface area contributed by atoms with Crippen LogP contribution in [0.3, 0.4) is 0 Å². The molecule has 0 spiro atoms. The summed E-state index contributed by atoms with van der Waals surface area (Å²) in [6.45, 7) is 4.09. The second-order valence-corrected chi connectivity index (χ2v) is 19.0. The summed E-state index contributed by atoms with van der Waals surface area (Å²) in [5, 5.41) is 0. The molecular formula is C19H42N2O19P6. The Morgan fingerprint density at radius 2 is 1.02 bits per heavy atom. The lowest BCUT2D eigenvalue weighted by molar-refractivity contribution is 0.0817. The normalized spacial score (nSPS) is 19.7. The molecule has 27 heteroatoms. The van der Waals surface area contributed by atoms with Gasteiger partial charge < -0.3 is 34.0 Å². The number of hydrogen-bond donors (Lipinski definition) is 6. The number of aromatic nitrogens is 2. The van der Waals surface area contributed by atoms with Crippen molar-refractivity contribution in [3.8, 4) is 0 Å². The van der Waals surface area contributed by atoms with E-state index in [0.717, 1.165) is 70.3 Å². The Morgan fingerprint density at radius 3 is 1.46 bits per heavy atom. The van der Waals surface area contributed by atoms with E-state index in [0.29, 0.717) is 30.4 Å². The molecular weight excluding hydrogens is 746 g/mol. The van der Waals surface area contributed by atoms with Crippen LogP contribution in [0.4, 0.5) is 0 Å². The molecule has 0 amide bonds. The van der Waals surface area contributed by atoms with Crippen LogP contribution in [0, 0.1) is 0 Å². The minimum Gasteiger partial charge on any atom is -0.310 e.